The molecule has 3 nitrogen and oxygen atoms in total. The summed E-state index contributed by atoms with van der Waals surface area (Å²) in [6.07, 6.45) is 0. The van der Waals surface area contributed by atoms with Crippen LogP contribution in [0.3, 0.4) is 0 Å². The first kappa shape index (κ1) is 11.8. The summed E-state index contributed by atoms with van der Waals surface area (Å²) in [6, 6.07) is 3.20. The summed E-state index contributed by atoms with van der Waals surface area (Å²) in [4.78, 5) is 0. The van der Waals surface area contributed by atoms with Crippen molar-refractivity contribution in [3.05, 3.63) is 27.2 Å². The molecule has 0 radical (unpaired) electrons. The maximum Gasteiger partial charge on any atom is 0.133 e. The maximum atomic E-state index is 9.68. The number of benzene rings is 1. The van der Waals surface area contributed by atoms with Gasteiger partial charge in [-0.2, -0.15) is 0 Å². The lowest BCUT2D eigenvalue weighted by molar-refractivity contribution is 0.265. The molecule has 1 atom stereocenters. The Morgan fingerprint density at radius 3 is 2.64 bits per heavy atom. The van der Waals surface area contributed by atoms with E-state index in [9.17, 15) is 5.11 Å². The Hall–Kier alpha value is -0.290. The van der Waals surface area contributed by atoms with Crippen molar-refractivity contribution in [2.75, 3.05) is 13.2 Å². The van der Waals surface area contributed by atoms with E-state index in [1.165, 1.54) is 0 Å². The number of phenolic OH excluding ortho intramolecular Hbond substituents is 1. The summed E-state index contributed by atoms with van der Waals surface area (Å²) < 4.78 is 0.506. The van der Waals surface area contributed by atoms with Crippen LogP contribution >= 0.6 is 27.5 Å². The van der Waals surface area contributed by atoms with E-state index in [4.69, 9.17) is 22.4 Å². The van der Waals surface area contributed by atoms with Gasteiger partial charge < -0.3 is 15.9 Å². The summed E-state index contributed by atoms with van der Waals surface area (Å²) in [6.45, 7) is 0.147. The van der Waals surface area contributed by atoms with Crippen molar-refractivity contribution in [1.29, 1.82) is 0 Å². The molecule has 1 aromatic carbocycles. The minimum atomic E-state index is -0.287. The highest BCUT2D eigenvalue weighted by Gasteiger charge is 2.15. The SMILES string of the molecule is NCC(CO)c1cc(Cl)cc(Br)c1O. The molecule has 0 amide bonds. The van der Waals surface area contributed by atoms with E-state index in [-0.39, 0.29) is 24.8 Å². The average Bonchev–Trinajstić information content (AvgIpc) is 2.15. The van der Waals surface area contributed by atoms with Crippen LogP contribution in [-0.4, -0.2) is 23.4 Å². The Kier molecular flexibility index (Phi) is 4.19. The second kappa shape index (κ2) is 4.98. The molecule has 1 aromatic rings. The van der Waals surface area contributed by atoms with Gasteiger partial charge in [0.2, 0.25) is 0 Å². The fraction of sp³-hybridized carbons (Fsp3) is 0.333. The first-order valence-electron chi connectivity index (χ1n) is 4.09. The van der Waals surface area contributed by atoms with E-state index < -0.39 is 0 Å². The highest BCUT2D eigenvalue weighted by atomic mass is 79.9. The van der Waals surface area contributed by atoms with Gasteiger partial charge >= 0.3 is 0 Å². The molecule has 0 aliphatic rings. The average molecular weight is 281 g/mol. The third kappa shape index (κ3) is 2.39. The number of aliphatic hydroxyl groups is 1. The molecule has 0 spiro atoms. The molecule has 0 saturated carbocycles. The number of aromatic hydroxyl groups is 1. The van der Waals surface area contributed by atoms with Gasteiger partial charge in [0, 0.05) is 23.0 Å². The van der Waals surface area contributed by atoms with Gasteiger partial charge in [0.15, 0.2) is 0 Å². The van der Waals surface area contributed by atoms with Gasteiger partial charge in [0.05, 0.1) is 11.1 Å². The minimum Gasteiger partial charge on any atom is -0.506 e. The predicted molar refractivity (Wildman–Crippen MR) is 59.7 cm³/mol. The molecule has 14 heavy (non-hydrogen) atoms. The van der Waals surface area contributed by atoms with E-state index in [1.54, 1.807) is 12.1 Å². The smallest absolute Gasteiger partial charge is 0.133 e. The van der Waals surface area contributed by atoms with Crippen LogP contribution < -0.4 is 5.73 Å². The summed E-state index contributed by atoms with van der Waals surface area (Å²) in [5.74, 6) is -0.205. The lowest BCUT2D eigenvalue weighted by Crippen LogP contribution is -2.16. The van der Waals surface area contributed by atoms with Crippen LogP contribution in [0.4, 0.5) is 0 Å². The zero-order valence-electron chi connectivity index (χ0n) is 7.37. The van der Waals surface area contributed by atoms with Gasteiger partial charge in [0.25, 0.3) is 0 Å². The van der Waals surface area contributed by atoms with Crippen LogP contribution in [0.15, 0.2) is 16.6 Å². The third-order valence-corrected chi connectivity index (χ3v) is 2.83. The second-order valence-corrected chi connectivity index (χ2v) is 4.23. The predicted octanol–water partition coefficient (Wildman–Crippen LogP) is 1.84. The Morgan fingerprint density at radius 1 is 1.50 bits per heavy atom. The third-order valence-electron chi connectivity index (χ3n) is 2.00. The largest absolute Gasteiger partial charge is 0.506 e. The second-order valence-electron chi connectivity index (χ2n) is 2.94. The van der Waals surface area contributed by atoms with Crippen molar-refractivity contribution in [3.8, 4) is 5.75 Å². The Morgan fingerprint density at radius 2 is 2.14 bits per heavy atom. The van der Waals surface area contributed by atoms with E-state index >= 15 is 0 Å². The summed E-state index contributed by atoms with van der Waals surface area (Å²) in [7, 11) is 0. The number of nitrogens with two attached hydrogens (primary N) is 1. The van der Waals surface area contributed by atoms with Crippen molar-refractivity contribution in [2.45, 2.75) is 5.92 Å². The molecule has 0 aliphatic carbocycles. The zero-order chi connectivity index (χ0) is 10.7. The number of hydrogen-bond acceptors (Lipinski definition) is 3. The minimum absolute atomic E-state index is 0.0823. The van der Waals surface area contributed by atoms with Gasteiger partial charge in [-0.15, -0.1) is 0 Å². The van der Waals surface area contributed by atoms with Crippen molar-refractivity contribution in [2.24, 2.45) is 5.73 Å². The molecular formula is C9H11BrClNO2. The number of halogens is 2. The molecular weight excluding hydrogens is 269 g/mol. The van der Waals surface area contributed by atoms with E-state index in [0.29, 0.717) is 15.1 Å². The summed E-state index contributed by atoms with van der Waals surface area (Å²) >= 11 is 8.98. The van der Waals surface area contributed by atoms with Crippen molar-refractivity contribution in [1.82, 2.24) is 0 Å². The number of rotatable bonds is 3. The number of hydrogen-bond donors (Lipinski definition) is 3. The van der Waals surface area contributed by atoms with Gasteiger partial charge in [-0.1, -0.05) is 11.6 Å². The molecule has 0 bridgehead atoms. The maximum absolute atomic E-state index is 9.68. The number of aliphatic hydroxyl groups excluding tert-OH is 1. The highest BCUT2D eigenvalue weighted by Crippen LogP contribution is 2.35. The lowest BCUT2D eigenvalue weighted by atomic mass is 9.99. The van der Waals surface area contributed by atoms with Gasteiger partial charge in [-0.25, -0.2) is 0 Å². The van der Waals surface area contributed by atoms with Crippen LogP contribution in [0.25, 0.3) is 0 Å². The van der Waals surface area contributed by atoms with Crippen LogP contribution in [0.1, 0.15) is 11.5 Å². The molecule has 1 rings (SSSR count). The molecule has 4 N–H and O–H groups in total. The summed E-state index contributed by atoms with van der Waals surface area (Å²) in [5, 5.41) is 19.2. The van der Waals surface area contributed by atoms with E-state index in [0.717, 1.165) is 0 Å². The Labute approximate surface area is 95.6 Å². The van der Waals surface area contributed by atoms with E-state index in [1.807, 2.05) is 0 Å². The van der Waals surface area contributed by atoms with Gasteiger partial charge in [-0.3, -0.25) is 0 Å². The van der Waals surface area contributed by atoms with Crippen LogP contribution in [0, 0.1) is 0 Å². The molecule has 0 fully saturated rings. The fourth-order valence-electron chi connectivity index (χ4n) is 1.20. The molecule has 0 saturated heterocycles. The quantitative estimate of drug-likeness (QED) is 0.791. The van der Waals surface area contributed by atoms with Crippen LogP contribution in [0.2, 0.25) is 5.02 Å². The van der Waals surface area contributed by atoms with Crippen LogP contribution in [-0.2, 0) is 0 Å². The highest BCUT2D eigenvalue weighted by molar-refractivity contribution is 9.10. The first-order valence-corrected chi connectivity index (χ1v) is 5.26. The zero-order valence-corrected chi connectivity index (χ0v) is 9.72. The molecule has 0 aromatic heterocycles. The van der Waals surface area contributed by atoms with Gasteiger partial charge in [-0.05, 0) is 28.1 Å². The fourth-order valence-corrected chi connectivity index (χ4v) is 2.03. The lowest BCUT2D eigenvalue weighted by Gasteiger charge is -2.14. The van der Waals surface area contributed by atoms with Gasteiger partial charge in [0.1, 0.15) is 5.75 Å². The molecule has 0 heterocycles. The van der Waals surface area contributed by atoms with Crippen molar-refractivity contribution in [3.63, 3.8) is 0 Å². The molecule has 1 unspecified atom stereocenters. The normalized spacial score (nSPS) is 12.9. The first-order chi connectivity index (χ1) is 6.60. The van der Waals surface area contributed by atoms with Crippen molar-refractivity contribution < 1.29 is 10.2 Å². The number of phenols is 1. The standard InChI is InChI=1S/C9H11BrClNO2/c10-8-2-6(11)1-7(9(8)14)5(3-12)4-13/h1-2,5,13-14H,3-4,12H2. The Balaban J connectivity index is 3.18. The van der Waals surface area contributed by atoms with E-state index in [2.05, 4.69) is 15.9 Å². The topological polar surface area (TPSA) is 66.5 Å². The molecule has 0 aliphatic heterocycles. The Bertz CT molecular complexity index is 329. The van der Waals surface area contributed by atoms with Crippen molar-refractivity contribution >= 4 is 27.5 Å². The monoisotopic (exact) mass is 279 g/mol. The summed E-state index contributed by atoms with van der Waals surface area (Å²) in [5.41, 5.74) is 6.02. The molecule has 78 valence electrons. The van der Waals surface area contributed by atoms with Crippen LogP contribution in [0.5, 0.6) is 5.75 Å². The molecule has 5 heteroatoms.